The molecule has 0 aromatic heterocycles. The Kier molecular flexibility index (Phi) is 49.5. The Hall–Kier alpha value is -3.93. The maximum Gasteiger partial charge on any atom is 0.306 e. The minimum absolute atomic E-state index is 0.107. The summed E-state index contributed by atoms with van der Waals surface area (Å²) in [6, 6.07) is 0. The van der Waals surface area contributed by atoms with Crippen LogP contribution in [0, 0.1) is 0 Å². The molecule has 6 heteroatoms. The van der Waals surface area contributed by atoms with Gasteiger partial charge in [0.2, 0.25) is 0 Å². The lowest BCUT2D eigenvalue weighted by Crippen LogP contribution is -2.30. The maximum absolute atomic E-state index is 12.8. The molecule has 1 atom stereocenters. The molecule has 0 heterocycles. The van der Waals surface area contributed by atoms with Crippen molar-refractivity contribution in [1.29, 1.82) is 0 Å². The summed E-state index contributed by atoms with van der Waals surface area (Å²) in [5, 5.41) is 0. The van der Waals surface area contributed by atoms with Crippen LogP contribution in [0.3, 0.4) is 0 Å². The molecule has 1 unspecified atom stereocenters. The predicted molar refractivity (Wildman–Crippen MR) is 279 cm³/mol. The average molecular weight is 901 g/mol. The predicted octanol–water partition coefficient (Wildman–Crippen LogP) is 17.5. The SMILES string of the molecule is CC/C=C\C/C=C\C/C=C\C/C=C\C/C=C\C/C=C\CCC(=O)OCC(COC(=O)CCCCCCCCCCC)OC(=O)CCCCCCCC/C=C\C/C=C\C/C=C\CCCCC. The van der Waals surface area contributed by atoms with Gasteiger partial charge in [-0.3, -0.25) is 14.4 Å². The summed E-state index contributed by atoms with van der Waals surface area (Å²) in [5.74, 6) is -1.02. The highest BCUT2D eigenvalue weighted by atomic mass is 16.6. The summed E-state index contributed by atoms with van der Waals surface area (Å²) in [5.41, 5.74) is 0. The molecular weight excluding hydrogens is 805 g/mol. The highest BCUT2D eigenvalue weighted by molar-refractivity contribution is 5.71. The Morgan fingerprint density at radius 2 is 0.631 bits per heavy atom. The van der Waals surface area contributed by atoms with E-state index in [0.717, 1.165) is 103 Å². The molecule has 0 aliphatic heterocycles. The van der Waals surface area contributed by atoms with Gasteiger partial charge in [-0.05, 0) is 96.3 Å². The van der Waals surface area contributed by atoms with Gasteiger partial charge < -0.3 is 14.2 Å². The van der Waals surface area contributed by atoms with Crippen LogP contribution in [0.1, 0.15) is 226 Å². The average Bonchev–Trinajstić information content (AvgIpc) is 3.30. The number of hydrogen-bond acceptors (Lipinski definition) is 6. The standard InChI is InChI=1S/C59H96O6/c1-4-7-10-13-16-19-21-23-25-27-29-31-33-35-37-40-43-46-49-52-58(61)64-55-56(54-63-57(60)51-48-45-42-39-18-15-12-9-6-3)65-59(62)53-50-47-44-41-38-36-34-32-30-28-26-24-22-20-17-14-11-8-5-2/h7,10,16-17,19-20,23-26,29-32,35,37,43,46,56H,4-6,8-9,11-15,18,21-22,27-28,33-34,36,38-42,44-45,47-55H2,1-3H3/b10-7-,19-16-,20-17-,25-23-,26-24-,31-29-,32-30-,37-35-,46-43-. The van der Waals surface area contributed by atoms with Crippen molar-refractivity contribution in [3.8, 4) is 0 Å². The van der Waals surface area contributed by atoms with Crippen molar-refractivity contribution in [2.45, 2.75) is 232 Å². The number of allylic oxidation sites excluding steroid dienone is 18. The zero-order valence-corrected chi connectivity index (χ0v) is 42.0. The molecule has 0 radical (unpaired) electrons. The Bertz CT molecular complexity index is 1360. The third kappa shape index (κ3) is 50.9. The first kappa shape index (κ1) is 61.1. The van der Waals surface area contributed by atoms with Gasteiger partial charge in [-0.2, -0.15) is 0 Å². The first-order valence-electron chi connectivity index (χ1n) is 26.4. The van der Waals surface area contributed by atoms with Crippen molar-refractivity contribution in [3.63, 3.8) is 0 Å². The van der Waals surface area contributed by atoms with Gasteiger partial charge in [0.15, 0.2) is 6.10 Å². The molecule has 6 nitrogen and oxygen atoms in total. The third-order valence-corrected chi connectivity index (χ3v) is 10.8. The van der Waals surface area contributed by atoms with Crippen LogP contribution >= 0.6 is 0 Å². The zero-order valence-electron chi connectivity index (χ0n) is 42.0. The van der Waals surface area contributed by atoms with E-state index in [4.69, 9.17) is 14.2 Å². The first-order chi connectivity index (χ1) is 32.0. The van der Waals surface area contributed by atoms with Crippen molar-refractivity contribution >= 4 is 17.9 Å². The fourth-order valence-electron chi connectivity index (χ4n) is 6.83. The lowest BCUT2D eigenvalue weighted by atomic mass is 10.1. The van der Waals surface area contributed by atoms with Gasteiger partial charge in [-0.25, -0.2) is 0 Å². The van der Waals surface area contributed by atoms with Crippen molar-refractivity contribution < 1.29 is 28.6 Å². The summed E-state index contributed by atoms with van der Waals surface area (Å²) in [7, 11) is 0. The van der Waals surface area contributed by atoms with E-state index in [-0.39, 0.29) is 37.5 Å². The summed E-state index contributed by atoms with van der Waals surface area (Å²) in [6.45, 7) is 6.39. The monoisotopic (exact) mass is 901 g/mol. The minimum Gasteiger partial charge on any atom is -0.462 e. The van der Waals surface area contributed by atoms with Crippen LogP contribution < -0.4 is 0 Å². The maximum atomic E-state index is 12.8. The van der Waals surface area contributed by atoms with Crippen LogP contribution in [0.25, 0.3) is 0 Å². The van der Waals surface area contributed by atoms with Gasteiger partial charge in [0.05, 0.1) is 0 Å². The summed E-state index contributed by atoms with van der Waals surface area (Å²) < 4.78 is 16.7. The molecule has 368 valence electrons. The van der Waals surface area contributed by atoms with Crippen molar-refractivity contribution in [2.24, 2.45) is 0 Å². The Morgan fingerprint density at radius 1 is 0.323 bits per heavy atom. The molecule has 0 N–H and O–H groups in total. The quantitative estimate of drug-likeness (QED) is 0.0262. The smallest absolute Gasteiger partial charge is 0.306 e. The van der Waals surface area contributed by atoms with Gasteiger partial charge in [0.1, 0.15) is 13.2 Å². The number of unbranched alkanes of at least 4 members (excludes halogenated alkanes) is 17. The van der Waals surface area contributed by atoms with Crippen molar-refractivity contribution in [3.05, 3.63) is 109 Å². The minimum atomic E-state index is -0.815. The largest absolute Gasteiger partial charge is 0.462 e. The van der Waals surface area contributed by atoms with E-state index in [2.05, 4.69) is 118 Å². The van der Waals surface area contributed by atoms with E-state index in [1.54, 1.807) is 0 Å². The second-order valence-corrected chi connectivity index (χ2v) is 17.1. The number of hydrogen-bond donors (Lipinski definition) is 0. The molecule has 0 rings (SSSR count). The summed E-state index contributed by atoms with van der Waals surface area (Å²) >= 11 is 0. The van der Waals surface area contributed by atoms with E-state index < -0.39 is 6.10 Å². The Morgan fingerprint density at radius 3 is 1.06 bits per heavy atom. The lowest BCUT2D eigenvalue weighted by Gasteiger charge is -2.18. The van der Waals surface area contributed by atoms with Gasteiger partial charge in [0.25, 0.3) is 0 Å². The van der Waals surface area contributed by atoms with E-state index >= 15 is 0 Å². The van der Waals surface area contributed by atoms with Gasteiger partial charge in [0, 0.05) is 19.3 Å². The number of ether oxygens (including phenoxy) is 3. The van der Waals surface area contributed by atoms with Crippen molar-refractivity contribution in [2.75, 3.05) is 13.2 Å². The highest BCUT2D eigenvalue weighted by Gasteiger charge is 2.19. The molecule has 0 spiro atoms. The van der Waals surface area contributed by atoms with Gasteiger partial charge in [-0.15, -0.1) is 0 Å². The van der Waals surface area contributed by atoms with Crippen LogP contribution in [0.5, 0.6) is 0 Å². The number of esters is 3. The fourth-order valence-corrected chi connectivity index (χ4v) is 6.83. The fraction of sp³-hybridized carbons (Fsp3) is 0.644. The topological polar surface area (TPSA) is 78.9 Å². The Labute approximate surface area is 400 Å². The molecule has 0 fully saturated rings. The third-order valence-electron chi connectivity index (χ3n) is 10.8. The van der Waals surface area contributed by atoms with Gasteiger partial charge in [-0.1, -0.05) is 220 Å². The Balaban J connectivity index is 4.48. The van der Waals surface area contributed by atoms with E-state index in [1.165, 1.54) is 77.0 Å². The molecule has 0 bridgehead atoms. The molecule has 0 aromatic rings. The molecule has 0 saturated heterocycles. The second kappa shape index (κ2) is 52.7. The zero-order chi connectivity index (χ0) is 47.2. The first-order valence-corrected chi connectivity index (χ1v) is 26.4. The van der Waals surface area contributed by atoms with Crippen LogP contribution in [-0.4, -0.2) is 37.2 Å². The summed E-state index contributed by atoms with van der Waals surface area (Å²) in [6.07, 6.45) is 70.9. The van der Waals surface area contributed by atoms with Crippen LogP contribution in [0.15, 0.2) is 109 Å². The van der Waals surface area contributed by atoms with Crippen LogP contribution in [0.2, 0.25) is 0 Å². The molecule has 65 heavy (non-hydrogen) atoms. The molecule has 0 amide bonds. The molecule has 0 aliphatic rings. The summed E-state index contributed by atoms with van der Waals surface area (Å²) in [4.78, 5) is 37.9. The van der Waals surface area contributed by atoms with Crippen LogP contribution in [-0.2, 0) is 28.6 Å². The van der Waals surface area contributed by atoms with E-state index in [0.29, 0.717) is 19.3 Å². The van der Waals surface area contributed by atoms with Crippen LogP contribution in [0.4, 0.5) is 0 Å². The normalized spacial score (nSPS) is 13.0. The molecule has 0 aromatic carbocycles. The van der Waals surface area contributed by atoms with Crippen molar-refractivity contribution in [1.82, 2.24) is 0 Å². The molecular formula is C59H96O6. The number of carbonyl (C=O) groups is 3. The molecule has 0 saturated carbocycles. The number of rotatable bonds is 46. The van der Waals surface area contributed by atoms with E-state index in [1.807, 2.05) is 12.2 Å². The lowest BCUT2D eigenvalue weighted by molar-refractivity contribution is -0.166. The highest BCUT2D eigenvalue weighted by Crippen LogP contribution is 2.13. The second-order valence-electron chi connectivity index (χ2n) is 17.1. The van der Waals surface area contributed by atoms with E-state index in [9.17, 15) is 14.4 Å². The number of carbonyl (C=O) groups excluding carboxylic acids is 3. The molecule has 0 aliphatic carbocycles. The van der Waals surface area contributed by atoms with Gasteiger partial charge >= 0.3 is 17.9 Å².